The van der Waals surface area contributed by atoms with Crippen molar-refractivity contribution in [3.63, 3.8) is 0 Å². The number of benzene rings is 1. The summed E-state index contributed by atoms with van der Waals surface area (Å²) in [6, 6.07) is 5.46. The summed E-state index contributed by atoms with van der Waals surface area (Å²) in [7, 11) is -3.79. The summed E-state index contributed by atoms with van der Waals surface area (Å²) < 4.78 is 27.1. The van der Waals surface area contributed by atoms with Crippen molar-refractivity contribution in [1.82, 2.24) is 4.72 Å². The van der Waals surface area contributed by atoms with E-state index < -0.39 is 22.2 Å². The van der Waals surface area contributed by atoms with Crippen LogP contribution >= 0.6 is 0 Å². The number of nitrogens with two attached hydrogens (primary N) is 1. The highest BCUT2D eigenvalue weighted by molar-refractivity contribution is 7.89. The van der Waals surface area contributed by atoms with Gasteiger partial charge in [-0.15, -0.1) is 0 Å². The minimum absolute atomic E-state index is 0.0295. The molecule has 6 nitrogen and oxygen atoms in total. The van der Waals surface area contributed by atoms with E-state index in [2.05, 4.69) is 4.72 Å². The highest BCUT2D eigenvalue weighted by atomic mass is 32.2. The van der Waals surface area contributed by atoms with E-state index in [0.29, 0.717) is 18.4 Å². The predicted molar refractivity (Wildman–Crippen MR) is 74.2 cm³/mol. The van der Waals surface area contributed by atoms with Crippen molar-refractivity contribution < 1.29 is 13.5 Å². The number of nitrogen functional groups attached to an aromatic ring is 1. The molecule has 0 spiro atoms. The lowest BCUT2D eigenvalue weighted by atomic mass is 9.93. The third kappa shape index (κ3) is 3.10. The SMILES string of the molecule is N#Cc1ccc(S(=O)(=O)NC2CCCCC2O)c(N)c1. The Hall–Kier alpha value is -1.62. The van der Waals surface area contributed by atoms with E-state index in [-0.39, 0.29) is 10.6 Å². The van der Waals surface area contributed by atoms with Crippen molar-refractivity contribution in [2.45, 2.75) is 42.7 Å². The Balaban J connectivity index is 2.24. The van der Waals surface area contributed by atoms with E-state index in [9.17, 15) is 13.5 Å². The Kier molecular flexibility index (Phi) is 4.28. The number of sulfonamides is 1. The van der Waals surface area contributed by atoms with Crippen molar-refractivity contribution >= 4 is 15.7 Å². The van der Waals surface area contributed by atoms with Crippen LogP contribution in [0.5, 0.6) is 0 Å². The first kappa shape index (κ1) is 14.8. The summed E-state index contributed by atoms with van der Waals surface area (Å²) in [6.45, 7) is 0. The standard InChI is InChI=1S/C13H17N3O3S/c14-8-9-5-6-13(10(15)7-9)20(18,19)16-11-3-1-2-4-12(11)17/h5-7,11-12,16-17H,1-4,15H2. The Labute approximate surface area is 118 Å². The smallest absolute Gasteiger partial charge is 0.242 e. The summed E-state index contributed by atoms with van der Waals surface area (Å²) in [5, 5.41) is 18.6. The number of rotatable bonds is 3. The molecule has 1 aliphatic rings. The van der Waals surface area contributed by atoms with E-state index in [1.807, 2.05) is 6.07 Å². The van der Waals surface area contributed by atoms with Gasteiger partial charge in [0.2, 0.25) is 10.0 Å². The molecule has 108 valence electrons. The van der Waals surface area contributed by atoms with Gasteiger partial charge in [-0.05, 0) is 31.0 Å². The monoisotopic (exact) mass is 295 g/mol. The fourth-order valence-corrected chi connectivity index (χ4v) is 3.79. The molecule has 0 aromatic heterocycles. The van der Waals surface area contributed by atoms with Gasteiger partial charge in [0.05, 0.1) is 23.4 Å². The highest BCUT2D eigenvalue weighted by Crippen LogP contribution is 2.23. The number of aliphatic hydroxyl groups is 1. The molecule has 2 unspecified atom stereocenters. The highest BCUT2D eigenvalue weighted by Gasteiger charge is 2.29. The van der Waals surface area contributed by atoms with Gasteiger partial charge >= 0.3 is 0 Å². The molecule has 4 N–H and O–H groups in total. The Morgan fingerprint density at radius 2 is 2.05 bits per heavy atom. The van der Waals surface area contributed by atoms with Crippen molar-refractivity contribution in [3.05, 3.63) is 23.8 Å². The van der Waals surface area contributed by atoms with E-state index in [4.69, 9.17) is 11.0 Å². The lowest BCUT2D eigenvalue weighted by Gasteiger charge is -2.28. The molecular formula is C13H17N3O3S. The number of anilines is 1. The van der Waals surface area contributed by atoms with Crippen LogP contribution in [-0.4, -0.2) is 25.7 Å². The van der Waals surface area contributed by atoms with Crippen LogP contribution in [0.3, 0.4) is 0 Å². The first-order valence-electron chi connectivity index (χ1n) is 6.44. The zero-order valence-corrected chi connectivity index (χ0v) is 11.7. The van der Waals surface area contributed by atoms with Gasteiger partial charge in [0.15, 0.2) is 0 Å². The summed E-state index contributed by atoms with van der Waals surface area (Å²) in [5.41, 5.74) is 6.02. The fraction of sp³-hybridized carbons (Fsp3) is 0.462. The van der Waals surface area contributed by atoms with Crippen molar-refractivity contribution in [1.29, 1.82) is 5.26 Å². The van der Waals surface area contributed by atoms with Gasteiger partial charge in [0, 0.05) is 6.04 Å². The first-order valence-corrected chi connectivity index (χ1v) is 7.92. The molecule has 0 aliphatic heterocycles. The lowest BCUT2D eigenvalue weighted by Crippen LogP contribution is -2.45. The Bertz CT molecular complexity index is 637. The molecule has 1 fully saturated rings. The Morgan fingerprint density at radius 1 is 1.35 bits per heavy atom. The zero-order chi connectivity index (χ0) is 14.8. The first-order chi connectivity index (χ1) is 9.44. The maximum atomic E-state index is 12.3. The minimum Gasteiger partial charge on any atom is -0.398 e. The molecule has 2 rings (SSSR count). The molecular weight excluding hydrogens is 278 g/mol. The average Bonchev–Trinajstić information content (AvgIpc) is 2.40. The van der Waals surface area contributed by atoms with Crippen LogP contribution in [0.2, 0.25) is 0 Å². The van der Waals surface area contributed by atoms with E-state index in [0.717, 1.165) is 12.8 Å². The van der Waals surface area contributed by atoms with Gasteiger partial charge in [-0.1, -0.05) is 12.8 Å². The van der Waals surface area contributed by atoms with Crippen molar-refractivity contribution in [2.75, 3.05) is 5.73 Å². The molecule has 1 aliphatic carbocycles. The third-order valence-corrected chi connectivity index (χ3v) is 5.03. The lowest BCUT2D eigenvalue weighted by molar-refractivity contribution is 0.101. The number of nitriles is 1. The van der Waals surface area contributed by atoms with Gasteiger partial charge < -0.3 is 10.8 Å². The van der Waals surface area contributed by atoms with Crippen molar-refractivity contribution in [2.24, 2.45) is 0 Å². The average molecular weight is 295 g/mol. The van der Waals surface area contributed by atoms with Gasteiger partial charge in [0.25, 0.3) is 0 Å². The summed E-state index contributed by atoms with van der Waals surface area (Å²) in [6.07, 6.45) is 2.32. The predicted octanol–water partition coefficient (Wildman–Crippen LogP) is 0.722. The molecule has 2 atom stereocenters. The topological polar surface area (TPSA) is 116 Å². The van der Waals surface area contributed by atoms with Crippen LogP contribution < -0.4 is 10.5 Å². The van der Waals surface area contributed by atoms with Crippen LogP contribution in [0.1, 0.15) is 31.2 Å². The van der Waals surface area contributed by atoms with Gasteiger partial charge in [0.1, 0.15) is 4.90 Å². The number of hydrogen-bond donors (Lipinski definition) is 3. The van der Waals surface area contributed by atoms with E-state index in [1.54, 1.807) is 0 Å². The largest absolute Gasteiger partial charge is 0.398 e. The second kappa shape index (κ2) is 5.79. The second-order valence-corrected chi connectivity index (χ2v) is 6.63. The molecule has 1 aromatic rings. The number of nitrogens with zero attached hydrogens (tertiary/aromatic N) is 1. The third-order valence-electron chi connectivity index (χ3n) is 3.46. The van der Waals surface area contributed by atoms with Gasteiger partial charge in [-0.25, -0.2) is 13.1 Å². The van der Waals surface area contributed by atoms with Crippen LogP contribution in [-0.2, 0) is 10.0 Å². The maximum absolute atomic E-state index is 12.3. The van der Waals surface area contributed by atoms with Crippen LogP contribution in [0.25, 0.3) is 0 Å². The van der Waals surface area contributed by atoms with Gasteiger partial charge in [-0.2, -0.15) is 5.26 Å². The molecule has 1 aromatic carbocycles. The van der Waals surface area contributed by atoms with Gasteiger partial charge in [-0.3, -0.25) is 0 Å². The minimum atomic E-state index is -3.79. The molecule has 20 heavy (non-hydrogen) atoms. The summed E-state index contributed by atoms with van der Waals surface area (Å²) in [4.78, 5) is -0.0609. The molecule has 0 bridgehead atoms. The molecule has 0 saturated heterocycles. The molecule has 0 amide bonds. The Morgan fingerprint density at radius 3 is 2.65 bits per heavy atom. The number of nitrogens with one attached hydrogen (secondary N) is 1. The van der Waals surface area contributed by atoms with E-state index in [1.165, 1.54) is 18.2 Å². The summed E-state index contributed by atoms with van der Waals surface area (Å²) in [5.74, 6) is 0. The summed E-state index contributed by atoms with van der Waals surface area (Å²) >= 11 is 0. The van der Waals surface area contributed by atoms with Crippen LogP contribution in [0.15, 0.2) is 23.1 Å². The normalized spacial score (nSPS) is 23.2. The second-order valence-electron chi connectivity index (χ2n) is 4.94. The van der Waals surface area contributed by atoms with Crippen LogP contribution in [0.4, 0.5) is 5.69 Å². The van der Waals surface area contributed by atoms with E-state index >= 15 is 0 Å². The zero-order valence-electron chi connectivity index (χ0n) is 10.9. The number of aliphatic hydroxyl groups excluding tert-OH is 1. The molecule has 0 radical (unpaired) electrons. The molecule has 1 saturated carbocycles. The van der Waals surface area contributed by atoms with Crippen LogP contribution in [0, 0.1) is 11.3 Å². The fourth-order valence-electron chi connectivity index (χ4n) is 2.37. The maximum Gasteiger partial charge on any atom is 0.242 e. The van der Waals surface area contributed by atoms with Crippen molar-refractivity contribution in [3.8, 4) is 6.07 Å². The number of hydrogen-bond acceptors (Lipinski definition) is 5. The molecule has 0 heterocycles. The molecule has 7 heteroatoms. The quantitative estimate of drug-likeness (QED) is 0.710.